The molecule has 0 aliphatic carbocycles. The van der Waals surface area contributed by atoms with E-state index in [-0.39, 0.29) is 17.5 Å². The molecule has 0 aliphatic heterocycles. The number of nitrogens with zero attached hydrogens (tertiary/aromatic N) is 2. The molecule has 0 radical (unpaired) electrons. The highest BCUT2D eigenvalue weighted by molar-refractivity contribution is 5.94. The number of aromatic nitrogens is 2. The van der Waals surface area contributed by atoms with Crippen molar-refractivity contribution in [3.63, 3.8) is 0 Å². The zero-order valence-corrected chi connectivity index (χ0v) is 13.0. The van der Waals surface area contributed by atoms with E-state index in [0.29, 0.717) is 12.1 Å². The predicted molar refractivity (Wildman–Crippen MR) is 91.6 cm³/mol. The van der Waals surface area contributed by atoms with Crippen LogP contribution >= 0.6 is 0 Å². The summed E-state index contributed by atoms with van der Waals surface area (Å²) in [5, 5.41) is 3.00. The van der Waals surface area contributed by atoms with Crippen molar-refractivity contribution in [3.8, 4) is 0 Å². The van der Waals surface area contributed by atoms with Gasteiger partial charge in [-0.1, -0.05) is 36.4 Å². The van der Waals surface area contributed by atoms with Crippen LogP contribution in [-0.4, -0.2) is 15.5 Å². The third-order valence-corrected chi connectivity index (χ3v) is 3.73. The lowest BCUT2D eigenvalue weighted by molar-refractivity contribution is 0.0932. The van der Waals surface area contributed by atoms with Crippen LogP contribution in [0.1, 0.15) is 22.0 Å². The Balaban J connectivity index is 1.87. The van der Waals surface area contributed by atoms with Crippen molar-refractivity contribution >= 4 is 5.91 Å². The van der Waals surface area contributed by atoms with Crippen LogP contribution in [0.5, 0.6) is 0 Å². The first-order chi connectivity index (χ1) is 11.7. The fourth-order valence-electron chi connectivity index (χ4n) is 2.47. The molecule has 0 unspecified atom stereocenters. The normalized spacial score (nSPS) is 11.7. The van der Waals surface area contributed by atoms with E-state index in [4.69, 9.17) is 0 Å². The van der Waals surface area contributed by atoms with Gasteiger partial charge in [-0.2, -0.15) is 0 Å². The third-order valence-electron chi connectivity index (χ3n) is 3.73. The van der Waals surface area contributed by atoms with Gasteiger partial charge in [-0.25, -0.2) is 0 Å². The summed E-state index contributed by atoms with van der Waals surface area (Å²) in [4.78, 5) is 28.4. The van der Waals surface area contributed by atoms with Gasteiger partial charge in [-0.15, -0.1) is 0 Å². The smallest absolute Gasteiger partial charge is 0.251 e. The molecule has 0 bridgehead atoms. The first-order valence-electron chi connectivity index (χ1n) is 7.65. The van der Waals surface area contributed by atoms with Crippen LogP contribution in [0.15, 0.2) is 84.0 Å². The summed E-state index contributed by atoms with van der Waals surface area (Å²) < 4.78 is 1.59. The Morgan fingerprint density at radius 1 is 1.00 bits per heavy atom. The van der Waals surface area contributed by atoms with Gasteiger partial charge in [0.1, 0.15) is 0 Å². The van der Waals surface area contributed by atoms with Crippen molar-refractivity contribution < 1.29 is 4.79 Å². The van der Waals surface area contributed by atoms with E-state index in [9.17, 15) is 9.59 Å². The Kier molecular flexibility index (Phi) is 4.81. The summed E-state index contributed by atoms with van der Waals surface area (Å²) in [5.74, 6) is -0.199. The topological polar surface area (TPSA) is 64.0 Å². The highest BCUT2D eigenvalue weighted by atomic mass is 16.2. The number of nitrogens with one attached hydrogen (secondary N) is 1. The van der Waals surface area contributed by atoms with Crippen LogP contribution in [0.4, 0.5) is 0 Å². The van der Waals surface area contributed by atoms with E-state index in [1.54, 1.807) is 47.4 Å². The summed E-state index contributed by atoms with van der Waals surface area (Å²) in [7, 11) is 0. The van der Waals surface area contributed by atoms with Gasteiger partial charge >= 0.3 is 0 Å². The quantitative estimate of drug-likeness (QED) is 0.785. The molecule has 1 N–H and O–H groups in total. The van der Waals surface area contributed by atoms with Gasteiger partial charge in [-0.3, -0.25) is 14.6 Å². The van der Waals surface area contributed by atoms with Crippen molar-refractivity contribution in [2.24, 2.45) is 0 Å². The number of benzene rings is 1. The average molecular weight is 319 g/mol. The van der Waals surface area contributed by atoms with Crippen molar-refractivity contribution in [2.45, 2.75) is 12.6 Å². The maximum Gasteiger partial charge on any atom is 0.251 e. The Bertz CT molecular complexity index is 860. The molecule has 0 saturated carbocycles. The molecule has 3 aromatic rings. The standard InChI is InChI=1S/C19H17N3O2/c23-18-8-4-5-13-22(18)14-17(15-6-2-1-3-7-15)21-19(24)16-9-11-20-12-10-16/h1-13,17H,14H2,(H,21,24)/t17-/m1/s1. The maximum absolute atomic E-state index is 12.5. The Labute approximate surface area is 139 Å². The van der Waals surface area contributed by atoms with Crippen LogP contribution in [0.2, 0.25) is 0 Å². The second kappa shape index (κ2) is 7.37. The number of amides is 1. The molecule has 1 aromatic carbocycles. The van der Waals surface area contributed by atoms with E-state index in [1.165, 1.54) is 6.07 Å². The van der Waals surface area contributed by atoms with Gasteiger partial charge < -0.3 is 9.88 Å². The fraction of sp³-hybridized carbons (Fsp3) is 0.105. The summed E-state index contributed by atoms with van der Waals surface area (Å²) in [6.07, 6.45) is 4.87. The number of hydrogen-bond donors (Lipinski definition) is 1. The van der Waals surface area contributed by atoms with Gasteiger partial charge in [-0.05, 0) is 23.8 Å². The molecule has 24 heavy (non-hydrogen) atoms. The average Bonchev–Trinajstić information content (AvgIpc) is 2.64. The highest BCUT2D eigenvalue weighted by Crippen LogP contribution is 2.15. The van der Waals surface area contributed by atoms with Gasteiger partial charge in [0.25, 0.3) is 11.5 Å². The van der Waals surface area contributed by atoms with Crippen LogP contribution in [0.25, 0.3) is 0 Å². The zero-order valence-electron chi connectivity index (χ0n) is 13.0. The van der Waals surface area contributed by atoms with Crippen LogP contribution in [-0.2, 0) is 6.54 Å². The first kappa shape index (κ1) is 15.7. The minimum atomic E-state index is -0.313. The number of carbonyl (C=O) groups is 1. The van der Waals surface area contributed by atoms with Crippen molar-refractivity contribution in [1.82, 2.24) is 14.9 Å². The molecule has 1 amide bonds. The number of hydrogen-bond acceptors (Lipinski definition) is 3. The maximum atomic E-state index is 12.5. The largest absolute Gasteiger partial charge is 0.343 e. The summed E-state index contributed by atoms with van der Waals surface area (Å²) in [6.45, 7) is 0.362. The van der Waals surface area contributed by atoms with Crippen LogP contribution in [0, 0.1) is 0 Å². The van der Waals surface area contributed by atoms with E-state index >= 15 is 0 Å². The molecule has 5 nitrogen and oxygen atoms in total. The molecule has 2 heterocycles. The summed E-state index contributed by atoms with van der Waals surface area (Å²) >= 11 is 0. The number of rotatable bonds is 5. The zero-order chi connectivity index (χ0) is 16.8. The molecule has 0 spiro atoms. The molecule has 3 rings (SSSR count). The van der Waals surface area contributed by atoms with Crippen molar-refractivity contribution in [1.29, 1.82) is 0 Å². The molecule has 0 saturated heterocycles. The lowest BCUT2D eigenvalue weighted by atomic mass is 10.1. The molecular formula is C19H17N3O2. The second-order valence-corrected chi connectivity index (χ2v) is 5.36. The van der Waals surface area contributed by atoms with Gasteiger partial charge in [0, 0.05) is 30.2 Å². The van der Waals surface area contributed by atoms with Crippen LogP contribution < -0.4 is 10.9 Å². The Morgan fingerprint density at radius 2 is 1.71 bits per heavy atom. The van der Waals surface area contributed by atoms with E-state index < -0.39 is 0 Å². The number of carbonyl (C=O) groups excluding carboxylic acids is 1. The minimum Gasteiger partial charge on any atom is -0.343 e. The predicted octanol–water partition coefficient (Wildman–Crippen LogP) is 2.41. The molecule has 0 aliphatic rings. The lowest BCUT2D eigenvalue weighted by Gasteiger charge is -2.20. The van der Waals surface area contributed by atoms with E-state index in [1.807, 2.05) is 30.3 Å². The molecule has 0 fully saturated rings. The number of pyridine rings is 2. The second-order valence-electron chi connectivity index (χ2n) is 5.36. The molecule has 120 valence electrons. The van der Waals surface area contributed by atoms with Gasteiger partial charge in [0.15, 0.2) is 0 Å². The Hall–Kier alpha value is -3.21. The minimum absolute atomic E-state index is 0.100. The van der Waals surface area contributed by atoms with E-state index in [2.05, 4.69) is 10.3 Å². The van der Waals surface area contributed by atoms with Crippen molar-refractivity contribution in [3.05, 3.63) is 101 Å². The highest BCUT2D eigenvalue weighted by Gasteiger charge is 2.16. The molecule has 1 atom stereocenters. The first-order valence-corrected chi connectivity index (χ1v) is 7.65. The molecule has 2 aromatic heterocycles. The lowest BCUT2D eigenvalue weighted by Crippen LogP contribution is -2.34. The summed E-state index contributed by atoms with van der Waals surface area (Å²) in [6, 6.07) is 17.6. The van der Waals surface area contributed by atoms with Crippen LogP contribution in [0.3, 0.4) is 0 Å². The molecular weight excluding hydrogens is 302 g/mol. The monoisotopic (exact) mass is 319 g/mol. The van der Waals surface area contributed by atoms with Gasteiger partial charge in [0.2, 0.25) is 0 Å². The SMILES string of the molecule is O=C(N[C@H](Cn1ccccc1=O)c1ccccc1)c1ccncc1. The van der Waals surface area contributed by atoms with Crippen molar-refractivity contribution in [2.75, 3.05) is 0 Å². The Morgan fingerprint density at radius 3 is 2.42 bits per heavy atom. The fourth-order valence-corrected chi connectivity index (χ4v) is 2.47. The van der Waals surface area contributed by atoms with Gasteiger partial charge in [0.05, 0.1) is 12.6 Å². The third kappa shape index (κ3) is 3.76. The molecule has 5 heteroatoms. The summed E-state index contributed by atoms with van der Waals surface area (Å²) in [5.41, 5.74) is 1.37. The van der Waals surface area contributed by atoms with E-state index in [0.717, 1.165) is 5.56 Å².